The van der Waals surface area contributed by atoms with Crippen LogP contribution >= 0.6 is 0 Å². The summed E-state index contributed by atoms with van der Waals surface area (Å²) in [4.78, 5) is 11.7. The molecule has 19 heavy (non-hydrogen) atoms. The Morgan fingerprint density at radius 2 is 2.00 bits per heavy atom. The summed E-state index contributed by atoms with van der Waals surface area (Å²) in [5, 5.41) is 9.63. The molecule has 1 aromatic carbocycles. The molecule has 0 atom stereocenters. The van der Waals surface area contributed by atoms with Crippen molar-refractivity contribution in [3.8, 4) is 5.75 Å². The fourth-order valence-electron chi connectivity index (χ4n) is 3.34. The van der Waals surface area contributed by atoms with Crippen LogP contribution in [0.2, 0.25) is 0 Å². The van der Waals surface area contributed by atoms with Gasteiger partial charge in [-0.25, -0.2) is 0 Å². The zero-order valence-corrected chi connectivity index (χ0v) is 11.3. The number of benzene rings is 1. The van der Waals surface area contributed by atoms with Gasteiger partial charge in [0.05, 0.1) is 12.5 Å². The van der Waals surface area contributed by atoms with Crippen LogP contribution < -0.4 is 4.74 Å². The predicted molar refractivity (Wildman–Crippen MR) is 72.8 cm³/mol. The molecule has 0 heterocycles. The van der Waals surface area contributed by atoms with Crippen molar-refractivity contribution in [2.24, 2.45) is 0 Å². The van der Waals surface area contributed by atoms with E-state index in [4.69, 9.17) is 4.74 Å². The molecule has 0 saturated heterocycles. The van der Waals surface area contributed by atoms with E-state index in [1.807, 2.05) is 12.1 Å². The SMILES string of the molecule is COc1cc(C2(C(=O)O)CCCC2)ccc1C1CC1. The second-order valence-corrected chi connectivity index (χ2v) is 5.83. The highest BCUT2D eigenvalue weighted by atomic mass is 16.5. The van der Waals surface area contributed by atoms with E-state index < -0.39 is 11.4 Å². The highest BCUT2D eigenvalue weighted by molar-refractivity contribution is 5.82. The van der Waals surface area contributed by atoms with Crippen LogP contribution in [0, 0.1) is 0 Å². The number of hydrogen-bond donors (Lipinski definition) is 1. The standard InChI is InChI=1S/C16H20O3/c1-19-14-10-12(6-7-13(14)11-4-5-11)16(15(17)18)8-2-3-9-16/h6-7,10-11H,2-5,8-9H2,1H3,(H,17,18). The number of carboxylic acid groups (broad SMARTS) is 1. The Hall–Kier alpha value is -1.51. The maximum absolute atomic E-state index is 11.7. The van der Waals surface area contributed by atoms with Gasteiger partial charge in [0, 0.05) is 0 Å². The quantitative estimate of drug-likeness (QED) is 0.901. The van der Waals surface area contributed by atoms with Gasteiger partial charge in [-0.05, 0) is 48.8 Å². The number of hydrogen-bond acceptors (Lipinski definition) is 2. The Balaban J connectivity index is 2.02. The summed E-state index contributed by atoms with van der Waals surface area (Å²) in [7, 11) is 1.67. The highest BCUT2D eigenvalue weighted by Crippen LogP contribution is 2.47. The molecule has 3 heteroatoms. The molecule has 0 aromatic heterocycles. The zero-order valence-electron chi connectivity index (χ0n) is 11.3. The number of carboxylic acids is 1. The highest BCUT2D eigenvalue weighted by Gasteiger charge is 2.43. The molecule has 0 amide bonds. The Bertz CT molecular complexity index is 497. The number of methoxy groups -OCH3 is 1. The molecule has 2 aliphatic rings. The van der Waals surface area contributed by atoms with Crippen molar-refractivity contribution in [2.75, 3.05) is 7.11 Å². The largest absolute Gasteiger partial charge is 0.496 e. The van der Waals surface area contributed by atoms with Crippen molar-refractivity contribution in [1.29, 1.82) is 0 Å². The predicted octanol–water partition coefficient (Wildman–Crippen LogP) is 3.47. The van der Waals surface area contributed by atoms with Crippen LogP contribution in [0.25, 0.3) is 0 Å². The van der Waals surface area contributed by atoms with Crippen LogP contribution in [0.5, 0.6) is 5.75 Å². The minimum atomic E-state index is -0.689. The van der Waals surface area contributed by atoms with E-state index in [1.165, 1.54) is 18.4 Å². The van der Waals surface area contributed by atoms with Crippen LogP contribution in [0.4, 0.5) is 0 Å². The number of rotatable bonds is 4. The van der Waals surface area contributed by atoms with Crippen molar-refractivity contribution >= 4 is 5.97 Å². The summed E-state index contributed by atoms with van der Waals surface area (Å²) in [6, 6.07) is 6.05. The molecule has 0 aliphatic heterocycles. The molecule has 0 unspecified atom stereocenters. The molecule has 1 N–H and O–H groups in total. The number of carbonyl (C=O) groups is 1. The average Bonchev–Trinajstić information content (AvgIpc) is 3.14. The van der Waals surface area contributed by atoms with E-state index in [2.05, 4.69) is 6.07 Å². The molecule has 2 saturated carbocycles. The lowest BCUT2D eigenvalue weighted by molar-refractivity contribution is -0.143. The van der Waals surface area contributed by atoms with E-state index in [0.717, 1.165) is 37.0 Å². The molecule has 3 nitrogen and oxygen atoms in total. The number of ether oxygens (including phenoxy) is 1. The topological polar surface area (TPSA) is 46.5 Å². The van der Waals surface area contributed by atoms with Crippen LogP contribution in [-0.2, 0) is 10.2 Å². The summed E-state index contributed by atoms with van der Waals surface area (Å²) >= 11 is 0. The molecule has 0 bridgehead atoms. The van der Waals surface area contributed by atoms with Gasteiger partial charge in [0.2, 0.25) is 0 Å². The van der Waals surface area contributed by atoms with E-state index >= 15 is 0 Å². The maximum Gasteiger partial charge on any atom is 0.314 e. The summed E-state index contributed by atoms with van der Waals surface area (Å²) < 4.78 is 5.48. The van der Waals surface area contributed by atoms with Gasteiger partial charge < -0.3 is 9.84 Å². The molecular formula is C16H20O3. The van der Waals surface area contributed by atoms with Crippen molar-refractivity contribution in [3.05, 3.63) is 29.3 Å². The molecule has 0 spiro atoms. The summed E-state index contributed by atoms with van der Waals surface area (Å²) in [5.74, 6) is 0.798. The first kappa shape index (κ1) is 12.5. The van der Waals surface area contributed by atoms with Gasteiger partial charge in [0.25, 0.3) is 0 Å². The van der Waals surface area contributed by atoms with Crippen molar-refractivity contribution in [2.45, 2.75) is 49.9 Å². The summed E-state index contributed by atoms with van der Waals surface area (Å²) in [6.45, 7) is 0. The summed E-state index contributed by atoms with van der Waals surface area (Å²) in [5.41, 5.74) is 1.47. The first-order chi connectivity index (χ1) is 9.17. The fourth-order valence-corrected chi connectivity index (χ4v) is 3.34. The third-order valence-corrected chi connectivity index (χ3v) is 4.67. The molecular weight excluding hydrogens is 240 g/mol. The third-order valence-electron chi connectivity index (χ3n) is 4.67. The minimum Gasteiger partial charge on any atom is -0.496 e. The van der Waals surface area contributed by atoms with Crippen LogP contribution in [0.3, 0.4) is 0 Å². The lowest BCUT2D eigenvalue weighted by atomic mass is 9.78. The van der Waals surface area contributed by atoms with Gasteiger partial charge >= 0.3 is 5.97 Å². The van der Waals surface area contributed by atoms with Crippen molar-refractivity contribution in [3.63, 3.8) is 0 Å². The smallest absolute Gasteiger partial charge is 0.314 e. The molecule has 102 valence electrons. The van der Waals surface area contributed by atoms with Crippen molar-refractivity contribution < 1.29 is 14.6 Å². The summed E-state index contributed by atoms with van der Waals surface area (Å²) in [6.07, 6.45) is 5.93. The van der Waals surface area contributed by atoms with Crippen LogP contribution in [-0.4, -0.2) is 18.2 Å². The van der Waals surface area contributed by atoms with Crippen LogP contribution in [0.15, 0.2) is 18.2 Å². The number of aliphatic carboxylic acids is 1. The van der Waals surface area contributed by atoms with Crippen molar-refractivity contribution in [1.82, 2.24) is 0 Å². The van der Waals surface area contributed by atoms with E-state index in [1.54, 1.807) is 7.11 Å². The van der Waals surface area contributed by atoms with Crippen LogP contribution in [0.1, 0.15) is 55.6 Å². The van der Waals surface area contributed by atoms with Gasteiger partial charge in [0.15, 0.2) is 0 Å². The second kappa shape index (κ2) is 4.55. The van der Waals surface area contributed by atoms with Gasteiger partial charge in [-0.3, -0.25) is 4.79 Å². The van der Waals surface area contributed by atoms with Gasteiger partial charge in [-0.2, -0.15) is 0 Å². The maximum atomic E-state index is 11.7. The van der Waals surface area contributed by atoms with Gasteiger partial charge in [-0.1, -0.05) is 25.0 Å². The Labute approximate surface area is 113 Å². The molecule has 2 fully saturated rings. The monoisotopic (exact) mass is 260 g/mol. The Kier molecular flexibility index (Phi) is 3.00. The third kappa shape index (κ3) is 2.01. The van der Waals surface area contributed by atoms with E-state index in [-0.39, 0.29) is 0 Å². The second-order valence-electron chi connectivity index (χ2n) is 5.83. The van der Waals surface area contributed by atoms with Gasteiger partial charge in [-0.15, -0.1) is 0 Å². The lowest BCUT2D eigenvalue weighted by Gasteiger charge is -2.25. The molecule has 3 rings (SSSR count). The first-order valence-electron chi connectivity index (χ1n) is 7.09. The molecule has 2 aliphatic carbocycles. The van der Waals surface area contributed by atoms with E-state index in [0.29, 0.717) is 5.92 Å². The molecule has 0 radical (unpaired) electrons. The Morgan fingerprint density at radius 3 is 2.53 bits per heavy atom. The fraction of sp³-hybridized carbons (Fsp3) is 0.562. The normalized spacial score (nSPS) is 21.3. The first-order valence-corrected chi connectivity index (χ1v) is 7.09. The molecule has 1 aromatic rings. The average molecular weight is 260 g/mol. The van der Waals surface area contributed by atoms with E-state index in [9.17, 15) is 9.90 Å². The zero-order chi connectivity index (χ0) is 13.5. The lowest BCUT2D eigenvalue weighted by Crippen LogP contribution is -2.32. The van der Waals surface area contributed by atoms with Gasteiger partial charge in [0.1, 0.15) is 5.75 Å². The Morgan fingerprint density at radius 1 is 1.32 bits per heavy atom. The minimum absolute atomic E-state index is 0.619.